The van der Waals surface area contributed by atoms with Crippen molar-refractivity contribution in [2.45, 2.75) is 12.1 Å². The van der Waals surface area contributed by atoms with Gasteiger partial charge in [0.25, 0.3) is 0 Å². The lowest BCUT2D eigenvalue weighted by atomic mass is 9.95. The van der Waals surface area contributed by atoms with Gasteiger partial charge in [0.05, 0.1) is 23.9 Å². The number of hydrazine groups is 1. The van der Waals surface area contributed by atoms with Crippen molar-refractivity contribution in [1.82, 2.24) is 5.01 Å². The molecule has 0 unspecified atom stereocenters. The SMILES string of the molecule is N#C[C@@H]1[C@H]2C=CC=CN2N(c2ccc(Cl)cc2)[C@H]1C#N. The first-order valence-electron chi connectivity index (χ1n) is 6.23. The summed E-state index contributed by atoms with van der Waals surface area (Å²) in [6.07, 6.45) is 7.65. The van der Waals surface area contributed by atoms with Crippen LogP contribution in [0.3, 0.4) is 0 Å². The van der Waals surface area contributed by atoms with E-state index in [2.05, 4.69) is 12.1 Å². The summed E-state index contributed by atoms with van der Waals surface area (Å²) >= 11 is 5.91. The van der Waals surface area contributed by atoms with E-state index in [-0.39, 0.29) is 6.04 Å². The second-order valence-electron chi connectivity index (χ2n) is 4.65. The Morgan fingerprint density at radius 1 is 1.05 bits per heavy atom. The molecule has 3 rings (SSSR count). The van der Waals surface area contributed by atoms with Gasteiger partial charge >= 0.3 is 0 Å². The lowest BCUT2D eigenvalue weighted by Gasteiger charge is -2.33. The zero-order valence-corrected chi connectivity index (χ0v) is 11.3. The van der Waals surface area contributed by atoms with E-state index in [9.17, 15) is 10.5 Å². The fraction of sp³-hybridized carbons (Fsp3) is 0.200. The van der Waals surface area contributed by atoms with Gasteiger partial charge in [-0.15, -0.1) is 0 Å². The summed E-state index contributed by atoms with van der Waals surface area (Å²) in [7, 11) is 0. The minimum absolute atomic E-state index is 0.106. The molecule has 0 spiro atoms. The highest BCUT2D eigenvalue weighted by atomic mass is 35.5. The van der Waals surface area contributed by atoms with E-state index in [1.165, 1.54) is 0 Å². The van der Waals surface area contributed by atoms with Crippen LogP contribution in [-0.2, 0) is 0 Å². The third-order valence-corrected chi connectivity index (χ3v) is 3.81. The molecule has 5 heteroatoms. The summed E-state index contributed by atoms with van der Waals surface area (Å²) in [5, 5.41) is 23.3. The summed E-state index contributed by atoms with van der Waals surface area (Å²) < 4.78 is 0. The fourth-order valence-electron chi connectivity index (χ4n) is 2.66. The van der Waals surface area contributed by atoms with Gasteiger partial charge in [-0.05, 0) is 30.3 Å². The predicted octanol–water partition coefficient (Wildman–Crippen LogP) is 2.86. The number of allylic oxidation sites excluding steroid dienone is 2. The molecule has 0 amide bonds. The maximum atomic E-state index is 9.46. The summed E-state index contributed by atoms with van der Waals surface area (Å²) in [5.41, 5.74) is 0.851. The van der Waals surface area contributed by atoms with Gasteiger partial charge in [0.15, 0.2) is 6.04 Å². The van der Waals surface area contributed by atoms with Gasteiger partial charge in [0.2, 0.25) is 0 Å². The van der Waals surface area contributed by atoms with Crippen molar-refractivity contribution < 1.29 is 0 Å². The van der Waals surface area contributed by atoms with Gasteiger partial charge in [-0.2, -0.15) is 10.5 Å². The van der Waals surface area contributed by atoms with Gasteiger partial charge in [0, 0.05) is 11.2 Å². The minimum Gasteiger partial charge on any atom is -0.283 e. The molecular weight excluding hydrogens is 272 g/mol. The number of benzene rings is 1. The molecule has 1 aromatic carbocycles. The molecule has 0 aromatic heterocycles. The Balaban J connectivity index is 2.06. The molecule has 20 heavy (non-hydrogen) atoms. The van der Waals surface area contributed by atoms with Crippen LogP contribution >= 0.6 is 11.6 Å². The summed E-state index contributed by atoms with van der Waals surface area (Å²) in [6.45, 7) is 0. The fourth-order valence-corrected chi connectivity index (χ4v) is 2.78. The first-order valence-corrected chi connectivity index (χ1v) is 6.61. The van der Waals surface area contributed by atoms with E-state index in [1.807, 2.05) is 46.6 Å². The van der Waals surface area contributed by atoms with E-state index in [4.69, 9.17) is 11.6 Å². The van der Waals surface area contributed by atoms with Crippen molar-refractivity contribution in [1.29, 1.82) is 10.5 Å². The molecular formula is C15H11ClN4. The summed E-state index contributed by atoms with van der Waals surface area (Å²) in [6, 6.07) is 11.2. The first-order chi connectivity index (χ1) is 9.76. The Labute approximate surface area is 122 Å². The molecule has 0 bridgehead atoms. The number of hydrogen-bond acceptors (Lipinski definition) is 4. The van der Waals surface area contributed by atoms with Crippen LogP contribution in [-0.4, -0.2) is 17.1 Å². The Kier molecular flexibility index (Phi) is 3.10. The average molecular weight is 283 g/mol. The first kappa shape index (κ1) is 12.6. The molecule has 3 atom stereocenters. The molecule has 0 saturated carbocycles. The van der Waals surface area contributed by atoms with Crippen LogP contribution in [0.25, 0.3) is 0 Å². The molecule has 0 aliphatic carbocycles. The van der Waals surface area contributed by atoms with Gasteiger partial charge in [-0.1, -0.05) is 23.8 Å². The molecule has 1 aromatic rings. The van der Waals surface area contributed by atoms with Gasteiger partial charge < -0.3 is 0 Å². The van der Waals surface area contributed by atoms with Crippen molar-refractivity contribution in [2.24, 2.45) is 5.92 Å². The quantitative estimate of drug-likeness (QED) is 0.795. The van der Waals surface area contributed by atoms with Crippen LogP contribution in [0.2, 0.25) is 5.02 Å². The smallest absolute Gasteiger partial charge is 0.155 e. The molecule has 0 N–H and O–H groups in total. The van der Waals surface area contributed by atoms with Crippen molar-refractivity contribution in [3.63, 3.8) is 0 Å². The van der Waals surface area contributed by atoms with Crippen molar-refractivity contribution in [3.05, 3.63) is 53.7 Å². The zero-order valence-electron chi connectivity index (χ0n) is 10.5. The predicted molar refractivity (Wildman–Crippen MR) is 76.3 cm³/mol. The molecule has 2 heterocycles. The van der Waals surface area contributed by atoms with E-state index < -0.39 is 12.0 Å². The second kappa shape index (κ2) is 4.92. The lowest BCUT2D eigenvalue weighted by Crippen LogP contribution is -2.40. The maximum Gasteiger partial charge on any atom is 0.155 e. The van der Waals surface area contributed by atoms with Crippen LogP contribution < -0.4 is 5.01 Å². The second-order valence-corrected chi connectivity index (χ2v) is 5.08. The van der Waals surface area contributed by atoms with E-state index >= 15 is 0 Å². The van der Waals surface area contributed by atoms with Crippen molar-refractivity contribution in [3.8, 4) is 12.1 Å². The number of hydrogen-bond donors (Lipinski definition) is 0. The van der Waals surface area contributed by atoms with Crippen LogP contribution in [0.15, 0.2) is 48.7 Å². The number of nitriles is 2. The number of nitrogens with zero attached hydrogens (tertiary/aromatic N) is 4. The zero-order chi connectivity index (χ0) is 14.1. The standard InChI is InChI=1S/C15H11ClN4/c16-11-4-6-12(7-5-11)20-15(10-18)13(9-17)14-3-1-2-8-19(14)20/h1-8,13-15H/t13-,14-,15+/m1/s1. The topological polar surface area (TPSA) is 54.1 Å². The van der Waals surface area contributed by atoms with Crippen molar-refractivity contribution >= 4 is 17.3 Å². The van der Waals surface area contributed by atoms with E-state index in [0.29, 0.717) is 5.02 Å². The van der Waals surface area contributed by atoms with Crippen LogP contribution in [0.1, 0.15) is 0 Å². The van der Waals surface area contributed by atoms with Gasteiger partial charge in [0.1, 0.15) is 5.92 Å². The highest BCUT2D eigenvalue weighted by molar-refractivity contribution is 6.30. The third-order valence-electron chi connectivity index (χ3n) is 3.56. The summed E-state index contributed by atoms with van der Waals surface area (Å²) in [5.74, 6) is -0.392. The number of fused-ring (bicyclic) bond motifs is 1. The van der Waals surface area contributed by atoms with Crippen LogP contribution in [0.4, 0.5) is 5.69 Å². The van der Waals surface area contributed by atoms with Crippen LogP contribution in [0, 0.1) is 28.6 Å². The van der Waals surface area contributed by atoms with Gasteiger partial charge in [-0.25, -0.2) is 0 Å². The Morgan fingerprint density at radius 2 is 1.80 bits per heavy atom. The minimum atomic E-state index is -0.515. The van der Waals surface area contributed by atoms with E-state index in [0.717, 1.165) is 5.69 Å². The largest absolute Gasteiger partial charge is 0.283 e. The monoisotopic (exact) mass is 282 g/mol. The Hall–Kier alpha value is -2.43. The lowest BCUT2D eigenvalue weighted by molar-refractivity contribution is 0.351. The number of rotatable bonds is 1. The normalized spacial score (nSPS) is 27.1. The van der Waals surface area contributed by atoms with Gasteiger partial charge in [-0.3, -0.25) is 10.0 Å². The number of halogens is 1. The molecule has 98 valence electrons. The molecule has 2 aliphatic heterocycles. The molecule has 0 radical (unpaired) electrons. The highest BCUT2D eigenvalue weighted by Crippen LogP contribution is 2.37. The number of anilines is 1. The highest BCUT2D eigenvalue weighted by Gasteiger charge is 2.46. The molecule has 1 fully saturated rings. The Morgan fingerprint density at radius 3 is 2.45 bits per heavy atom. The van der Waals surface area contributed by atoms with E-state index in [1.54, 1.807) is 12.1 Å². The summed E-state index contributed by atoms with van der Waals surface area (Å²) in [4.78, 5) is 0. The average Bonchev–Trinajstić information content (AvgIpc) is 2.81. The maximum absolute atomic E-state index is 9.46. The van der Waals surface area contributed by atoms with Crippen molar-refractivity contribution in [2.75, 3.05) is 5.01 Å². The molecule has 2 aliphatic rings. The molecule has 1 saturated heterocycles. The Bertz CT molecular complexity index is 650. The van der Waals surface area contributed by atoms with Crippen LogP contribution in [0.5, 0.6) is 0 Å². The third kappa shape index (κ3) is 1.82. The molecule has 4 nitrogen and oxygen atoms in total.